The number of carbonyl (C=O) groups excluding carboxylic acids is 3. The van der Waals surface area contributed by atoms with E-state index in [-0.39, 0.29) is 30.7 Å². The number of fused-ring (bicyclic) bond motifs is 2. The van der Waals surface area contributed by atoms with E-state index in [1.807, 2.05) is 61.5 Å². The molecule has 0 aromatic heterocycles. The summed E-state index contributed by atoms with van der Waals surface area (Å²) in [5.41, 5.74) is 6.29. The predicted molar refractivity (Wildman–Crippen MR) is 216 cm³/mol. The van der Waals surface area contributed by atoms with Gasteiger partial charge in [0.2, 0.25) is 11.5 Å². The van der Waals surface area contributed by atoms with E-state index >= 15 is 0 Å². The Labute approximate surface area is 338 Å². The van der Waals surface area contributed by atoms with Gasteiger partial charge in [-0.25, -0.2) is 0 Å². The molecule has 58 heavy (non-hydrogen) atoms. The summed E-state index contributed by atoms with van der Waals surface area (Å²) in [5, 5.41) is 9.16. The van der Waals surface area contributed by atoms with Crippen LogP contribution in [0.2, 0.25) is 0 Å². The van der Waals surface area contributed by atoms with Gasteiger partial charge in [0.25, 0.3) is 0 Å². The van der Waals surface area contributed by atoms with Crippen LogP contribution in [0.3, 0.4) is 0 Å². The number of ketones is 2. The summed E-state index contributed by atoms with van der Waals surface area (Å²) in [6.45, 7) is 4.16. The van der Waals surface area contributed by atoms with Crippen molar-refractivity contribution in [1.82, 2.24) is 0 Å². The van der Waals surface area contributed by atoms with Crippen LogP contribution >= 0.6 is 0 Å². The number of esters is 1. The Balaban J connectivity index is 0.000000198. The highest BCUT2D eigenvalue weighted by Crippen LogP contribution is 2.51. The van der Waals surface area contributed by atoms with E-state index in [2.05, 4.69) is 0 Å². The van der Waals surface area contributed by atoms with Crippen molar-refractivity contribution in [2.24, 2.45) is 11.3 Å². The molecule has 4 aromatic rings. The maximum absolute atomic E-state index is 12.5. The normalized spacial score (nSPS) is 14.9. The Hall–Kier alpha value is -6.04. The highest BCUT2D eigenvalue weighted by molar-refractivity contribution is 6.03. The molecule has 1 atom stereocenters. The molecule has 3 aliphatic carbocycles. The summed E-state index contributed by atoms with van der Waals surface area (Å²) in [6.07, 6.45) is 4.65. The number of aliphatic carboxylic acids is 1. The summed E-state index contributed by atoms with van der Waals surface area (Å²) >= 11 is 0. The molecule has 3 aliphatic rings. The molecule has 0 spiro atoms. The first-order valence-corrected chi connectivity index (χ1v) is 19.5. The lowest BCUT2D eigenvalue weighted by Gasteiger charge is -2.21. The summed E-state index contributed by atoms with van der Waals surface area (Å²) in [5.74, 6) is 1.30. The molecule has 1 fully saturated rings. The molecule has 1 N–H and O–H groups in total. The number of hydrogen-bond donors (Lipinski definition) is 1. The minimum atomic E-state index is -0.940. The van der Waals surface area contributed by atoms with E-state index < -0.39 is 17.3 Å². The Morgan fingerprint density at radius 3 is 1.55 bits per heavy atom. The van der Waals surface area contributed by atoms with Crippen molar-refractivity contribution >= 4 is 23.5 Å². The van der Waals surface area contributed by atoms with Gasteiger partial charge in [-0.15, -0.1) is 0 Å². The number of benzene rings is 4. The van der Waals surface area contributed by atoms with Crippen LogP contribution in [-0.2, 0) is 27.2 Å². The van der Waals surface area contributed by atoms with Crippen LogP contribution < -0.4 is 28.4 Å². The monoisotopic (exact) mass is 794 g/mol. The second-order valence-corrected chi connectivity index (χ2v) is 14.6. The first-order valence-electron chi connectivity index (χ1n) is 19.5. The molecule has 12 heteroatoms. The number of carbonyl (C=O) groups is 4. The summed E-state index contributed by atoms with van der Waals surface area (Å²) in [4.78, 5) is 48.1. The predicted octanol–water partition coefficient (Wildman–Crippen LogP) is 8.21. The number of carboxylic acid groups (broad SMARTS) is 1. The van der Waals surface area contributed by atoms with Crippen LogP contribution in [0.25, 0.3) is 22.3 Å². The van der Waals surface area contributed by atoms with Crippen molar-refractivity contribution in [3.63, 3.8) is 0 Å². The van der Waals surface area contributed by atoms with Crippen LogP contribution in [0.1, 0.15) is 77.8 Å². The molecule has 4 aromatic carbocycles. The molecule has 7 rings (SSSR count). The van der Waals surface area contributed by atoms with Gasteiger partial charge in [0.1, 0.15) is 18.6 Å². The van der Waals surface area contributed by atoms with E-state index in [1.54, 1.807) is 27.2 Å². The number of rotatable bonds is 16. The standard InChI is InChI=1S/C25H28O6.C21H22O6/c1-4-14-30-24(27)25(12-13-25)15-31-22-19(9-11-21(28-2)23(22)29-3)16-6-5-7-18-17(16)8-10-20(18)26;1-12(21(23)24)11-27-19-16(8-10-18(25-2)20(19)26-3)13-5-4-6-15-14(13)7-9-17(15)22/h5-7,9,11H,4,8,10,12-15H2,1-3H3;4-6,8,10,12H,7,9,11H2,1-3H3,(H,23,24)/t;12-/m.1/s1. The first-order chi connectivity index (χ1) is 28.0. The van der Waals surface area contributed by atoms with Crippen molar-refractivity contribution in [3.8, 4) is 56.8 Å². The molecule has 0 amide bonds. The van der Waals surface area contributed by atoms with Crippen molar-refractivity contribution in [2.75, 3.05) is 48.3 Å². The van der Waals surface area contributed by atoms with E-state index in [1.165, 1.54) is 14.2 Å². The maximum atomic E-state index is 12.5. The molecule has 0 heterocycles. The molecular formula is C46H50O12. The Bertz CT molecular complexity index is 2200. The fourth-order valence-corrected chi connectivity index (χ4v) is 7.39. The van der Waals surface area contributed by atoms with Gasteiger partial charge in [-0.2, -0.15) is 0 Å². The highest BCUT2D eigenvalue weighted by Gasteiger charge is 2.52. The number of hydrogen-bond acceptors (Lipinski definition) is 11. The van der Waals surface area contributed by atoms with Crippen molar-refractivity contribution < 1.29 is 57.4 Å². The van der Waals surface area contributed by atoms with Gasteiger partial charge in [-0.3, -0.25) is 19.2 Å². The topological polar surface area (TPSA) is 153 Å². The average Bonchev–Trinajstić information content (AvgIpc) is 3.81. The number of Topliss-reactive ketones (excluding diaryl/α,β-unsaturated/α-hetero) is 2. The lowest BCUT2D eigenvalue weighted by atomic mass is 9.95. The molecule has 0 saturated heterocycles. The number of ether oxygens (including phenoxy) is 7. The van der Waals surface area contributed by atoms with E-state index in [9.17, 15) is 19.2 Å². The summed E-state index contributed by atoms with van der Waals surface area (Å²) in [7, 11) is 6.18. The summed E-state index contributed by atoms with van der Waals surface area (Å²) < 4.78 is 39.5. The second-order valence-electron chi connectivity index (χ2n) is 14.6. The van der Waals surface area contributed by atoms with E-state index in [0.717, 1.165) is 63.8 Å². The Kier molecular flexibility index (Phi) is 12.9. The van der Waals surface area contributed by atoms with Gasteiger partial charge < -0.3 is 38.3 Å². The highest BCUT2D eigenvalue weighted by atomic mass is 16.6. The van der Waals surface area contributed by atoms with Crippen LogP contribution in [0.5, 0.6) is 34.5 Å². The zero-order valence-electron chi connectivity index (χ0n) is 33.9. The summed E-state index contributed by atoms with van der Waals surface area (Å²) in [6, 6.07) is 18.8. The third kappa shape index (κ3) is 8.32. The quantitative estimate of drug-likeness (QED) is 0.109. The second kappa shape index (κ2) is 18.0. The van der Waals surface area contributed by atoms with Gasteiger partial charge in [-0.1, -0.05) is 43.3 Å². The van der Waals surface area contributed by atoms with Gasteiger partial charge in [0.15, 0.2) is 34.6 Å². The van der Waals surface area contributed by atoms with E-state index in [0.29, 0.717) is 66.8 Å². The average molecular weight is 795 g/mol. The van der Waals surface area contributed by atoms with E-state index in [4.69, 9.17) is 38.3 Å². The molecule has 12 nitrogen and oxygen atoms in total. The van der Waals surface area contributed by atoms with Crippen LogP contribution in [0, 0.1) is 11.3 Å². The van der Waals surface area contributed by atoms with Gasteiger partial charge in [-0.05, 0) is 85.5 Å². The smallest absolute Gasteiger partial charge is 0.315 e. The Morgan fingerprint density at radius 1 is 0.638 bits per heavy atom. The molecular weight excluding hydrogens is 744 g/mol. The SMILES string of the molecule is CCCOC(=O)C1(COc2c(-c3cccc4c3CCC4=O)ccc(OC)c2OC)CC1.COc1ccc(-c2cccc3c2CCC3=O)c(OC[C@@H](C)C(=O)O)c1OC. The van der Waals surface area contributed by atoms with Crippen LogP contribution in [0.4, 0.5) is 0 Å². The zero-order valence-corrected chi connectivity index (χ0v) is 33.9. The van der Waals surface area contributed by atoms with Gasteiger partial charge >= 0.3 is 11.9 Å². The molecule has 306 valence electrons. The third-order valence-electron chi connectivity index (χ3n) is 10.9. The van der Waals surface area contributed by atoms with Crippen molar-refractivity contribution in [1.29, 1.82) is 0 Å². The molecule has 0 bridgehead atoms. The van der Waals surface area contributed by atoms with Crippen LogP contribution in [0.15, 0.2) is 60.7 Å². The number of methoxy groups -OCH3 is 4. The maximum Gasteiger partial charge on any atom is 0.315 e. The lowest BCUT2D eigenvalue weighted by Crippen LogP contribution is -2.26. The van der Waals surface area contributed by atoms with Gasteiger partial charge in [0, 0.05) is 35.1 Å². The van der Waals surface area contributed by atoms with Crippen LogP contribution in [-0.4, -0.2) is 76.9 Å². The largest absolute Gasteiger partial charge is 0.493 e. The molecule has 0 aliphatic heterocycles. The minimum Gasteiger partial charge on any atom is -0.493 e. The first kappa shape index (κ1) is 41.6. The van der Waals surface area contributed by atoms with Crippen molar-refractivity contribution in [2.45, 2.75) is 58.8 Å². The third-order valence-corrected chi connectivity index (χ3v) is 10.9. The number of carboxylic acids is 1. The van der Waals surface area contributed by atoms with Crippen molar-refractivity contribution in [3.05, 3.63) is 82.9 Å². The van der Waals surface area contributed by atoms with Gasteiger partial charge in [0.05, 0.1) is 41.0 Å². The molecule has 1 saturated carbocycles. The lowest BCUT2D eigenvalue weighted by molar-refractivity contribution is -0.151. The fraction of sp³-hybridized carbons (Fsp3) is 0.391. The Morgan fingerprint density at radius 2 is 1.12 bits per heavy atom. The minimum absolute atomic E-state index is 0.0141. The fourth-order valence-electron chi connectivity index (χ4n) is 7.39. The zero-order chi connectivity index (χ0) is 41.6. The molecule has 0 radical (unpaired) electrons. The molecule has 0 unspecified atom stereocenters.